The number of benzene rings is 6. The number of hydrogen-bond donors (Lipinski definition) is 0. The molecule has 0 fully saturated rings. The van der Waals surface area contributed by atoms with Gasteiger partial charge < -0.3 is 0 Å². The van der Waals surface area contributed by atoms with Gasteiger partial charge in [0.15, 0.2) is 0 Å². The highest BCUT2D eigenvalue weighted by atomic mass is 14.4. The standard InChI is InChI=1S/C35H26/c1-35(2)33-14-7-6-13-29(33)32-21-28-18-16-24-15-17-27(20-30(24)31(28)22-34(32)35)26-12-8-11-25(19-26)23-9-4-3-5-10-23/h3-22H,1-2H3. The van der Waals surface area contributed by atoms with Gasteiger partial charge in [-0.2, -0.15) is 0 Å². The van der Waals surface area contributed by atoms with Crippen LogP contribution >= 0.6 is 0 Å². The molecule has 166 valence electrons. The van der Waals surface area contributed by atoms with E-state index in [1.54, 1.807) is 0 Å². The fraction of sp³-hybridized carbons (Fsp3) is 0.0857. The van der Waals surface area contributed by atoms with Crippen molar-refractivity contribution in [2.45, 2.75) is 19.3 Å². The van der Waals surface area contributed by atoms with Crippen molar-refractivity contribution in [1.29, 1.82) is 0 Å². The molecule has 0 spiro atoms. The Morgan fingerprint density at radius 2 is 1.03 bits per heavy atom. The predicted molar refractivity (Wildman–Crippen MR) is 150 cm³/mol. The monoisotopic (exact) mass is 446 g/mol. The molecule has 7 rings (SSSR count). The van der Waals surface area contributed by atoms with E-state index in [-0.39, 0.29) is 5.41 Å². The van der Waals surface area contributed by atoms with Crippen molar-refractivity contribution >= 4 is 21.5 Å². The molecule has 0 aromatic heterocycles. The molecule has 6 aromatic carbocycles. The molecule has 0 saturated heterocycles. The highest BCUT2D eigenvalue weighted by Gasteiger charge is 2.35. The van der Waals surface area contributed by atoms with Crippen LogP contribution in [0.15, 0.2) is 121 Å². The molecule has 0 heteroatoms. The van der Waals surface area contributed by atoms with Crippen molar-refractivity contribution in [3.8, 4) is 33.4 Å². The third-order valence-corrected chi connectivity index (χ3v) is 7.84. The van der Waals surface area contributed by atoms with Gasteiger partial charge in [-0.3, -0.25) is 0 Å². The molecule has 1 aliphatic carbocycles. The first kappa shape index (κ1) is 20.2. The SMILES string of the molecule is CC1(C)c2ccccc2-c2cc3ccc4ccc(-c5cccc(-c6ccccc6)c5)cc4c3cc21. The Balaban J connectivity index is 1.43. The molecule has 0 N–H and O–H groups in total. The topological polar surface area (TPSA) is 0 Å². The summed E-state index contributed by atoms with van der Waals surface area (Å²) in [5, 5.41) is 5.25. The lowest BCUT2D eigenvalue weighted by Crippen LogP contribution is -2.14. The van der Waals surface area contributed by atoms with Crippen molar-refractivity contribution in [2.24, 2.45) is 0 Å². The van der Waals surface area contributed by atoms with Crippen molar-refractivity contribution in [3.05, 3.63) is 132 Å². The van der Waals surface area contributed by atoms with E-state index in [1.807, 2.05) is 0 Å². The van der Waals surface area contributed by atoms with Crippen LogP contribution in [-0.4, -0.2) is 0 Å². The minimum absolute atomic E-state index is 0.00388. The molecule has 0 radical (unpaired) electrons. The predicted octanol–water partition coefficient (Wildman–Crippen LogP) is 9.63. The number of rotatable bonds is 2. The van der Waals surface area contributed by atoms with Crippen LogP contribution in [0.2, 0.25) is 0 Å². The molecule has 1 aliphatic rings. The number of fused-ring (bicyclic) bond motifs is 6. The van der Waals surface area contributed by atoms with E-state index in [0.717, 1.165) is 0 Å². The molecule has 0 heterocycles. The Kier molecular flexibility index (Phi) is 4.29. The molecule has 0 nitrogen and oxygen atoms in total. The highest BCUT2D eigenvalue weighted by molar-refractivity contribution is 6.11. The van der Waals surface area contributed by atoms with E-state index in [4.69, 9.17) is 0 Å². The molecule has 35 heavy (non-hydrogen) atoms. The fourth-order valence-corrected chi connectivity index (χ4v) is 5.94. The summed E-state index contributed by atoms with van der Waals surface area (Å²) in [4.78, 5) is 0. The van der Waals surface area contributed by atoms with Gasteiger partial charge in [-0.05, 0) is 90.3 Å². The third-order valence-electron chi connectivity index (χ3n) is 7.84. The van der Waals surface area contributed by atoms with Gasteiger partial charge in [0, 0.05) is 5.41 Å². The number of hydrogen-bond acceptors (Lipinski definition) is 0. The van der Waals surface area contributed by atoms with Crippen molar-refractivity contribution in [1.82, 2.24) is 0 Å². The Bertz CT molecular complexity index is 1750. The van der Waals surface area contributed by atoms with Gasteiger partial charge in [-0.15, -0.1) is 0 Å². The average Bonchev–Trinajstić information content (AvgIpc) is 3.14. The average molecular weight is 447 g/mol. The largest absolute Gasteiger partial charge is 0.0622 e. The summed E-state index contributed by atoms with van der Waals surface area (Å²) in [5.41, 5.74) is 10.6. The molecular weight excluding hydrogens is 420 g/mol. The second-order valence-electron chi connectivity index (χ2n) is 10.2. The van der Waals surface area contributed by atoms with Gasteiger partial charge >= 0.3 is 0 Å². The Labute approximate surface area is 206 Å². The van der Waals surface area contributed by atoms with Crippen molar-refractivity contribution in [3.63, 3.8) is 0 Å². The minimum Gasteiger partial charge on any atom is -0.0622 e. The van der Waals surface area contributed by atoms with Gasteiger partial charge in [-0.25, -0.2) is 0 Å². The fourth-order valence-electron chi connectivity index (χ4n) is 5.94. The lowest BCUT2D eigenvalue weighted by molar-refractivity contribution is 0.661. The van der Waals surface area contributed by atoms with Crippen molar-refractivity contribution < 1.29 is 0 Å². The highest BCUT2D eigenvalue weighted by Crippen LogP contribution is 2.50. The second-order valence-corrected chi connectivity index (χ2v) is 10.2. The van der Waals surface area contributed by atoms with E-state index in [2.05, 4.69) is 135 Å². The maximum atomic E-state index is 2.46. The van der Waals surface area contributed by atoms with Gasteiger partial charge in [0.2, 0.25) is 0 Å². The molecule has 0 aliphatic heterocycles. The van der Waals surface area contributed by atoms with Crippen LogP contribution in [0.4, 0.5) is 0 Å². The summed E-state index contributed by atoms with van der Waals surface area (Å²) in [6, 6.07) is 44.7. The van der Waals surface area contributed by atoms with Gasteiger partial charge in [-0.1, -0.05) is 111 Å². The molecule has 0 saturated carbocycles. The lowest BCUT2D eigenvalue weighted by atomic mass is 9.81. The molecule has 0 amide bonds. The quantitative estimate of drug-likeness (QED) is 0.232. The summed E-state index contributed by atoms with van der Waals surface area (Å²) in [6.45, 7) is 4.71. The summed E-state index contributed by atoms with van der Waals surface area (Å²) in [5.74, 6) is 0. The van der Waals surface area contributed by atoms with Crippen LogP contribution in [0.3, 0.4) is 0 Å². The van der Waals surface area contributed by atoms with Crippen LogP contribution in [0.25, 0.3) is 54.9 Å². The first-order chi connectivity index (χ1) is 17.1. The van der Waals surface area contributed by atoms with Crippen LogP contribution in [-0.2, 0) is 5.41 Å². The van der Waals surface area contributed by atoms with Gasteiger partial charge in [0.1, 0.15) is 0 Å². The molecular formula is C35H26. The molecule has 0 unspecified atom stereocenters. The Morgan fingerprint density at radius 1 is 0.400 bits per heavy atom. The van der Waals surface area contributed by atoms with E-state index in [1.165, 1.54) is 66.1 Å². The maximum absolute atomic E-state index is 2.46. The lowest BCUT2D eigenvalue weighted by Gasteiger charge is -2.22. The van der Waals surface area contributed by atoms with E-state index < -0.39 is 0 Å². The van der Waals surface area contributed by atoms with Crippen LogP contribution < -0.4 is 0 Å². The maximum Gasteiger partial charge on any atom is 0.0159 e. The molecule has 0 atom stereocenters. The first-order valence-electron chi connectivity index (χ1n) is 12.4. The zero-order valence-electron chi connectivity index (χ0n) is 20.0. The van der Waals surface area contributed by atoms with E-state index in [9.17, 15) is 0 Å². The summed E-state index contributed by atoms with van der Waals surface area (Å²) in [6.07, 6.45) is 0. The van der Waals surface area contributed by atoms with Gasteiger partial charge in [0.25, 0.3) is 0 Å². The Hall–Kier alpha value is -4.16. The third kappa shape index (κ3) is 3.07. The second kappa shape index (κ2) is 7.42. The smallest absolute Gasteiger partial charge is 0.0159 e. The minimum atomic E-state index is 0.00388. The Morgan fingerprint density at radius 3 is 1.89 bits per heavy atom. The summed E-state index contributed by atoms with van der Waals surface area (Å²) >= 11 is 0. The normalized spacial score (nSPS) is 13.7. The van der Waals surface area contributed by atoms with E-state index in [0.29, 0.717) is 0 Å². The van der Waals surface area contributed by atoms with E-state index >= 15 is 0 Å². The van der Waals surface area contributed by atoms with Crippen LogP contribution in [0, 0.1) is 0 Å². The summed E-state index contributed by atoms with van der Waals surface area (Å²) in [7, 11) is 0. The van der Waals surface area contributed by atoms with Crippen LogP contribution in [0.1, 0.15) is 25.0 Å². The molecule has 6 aromatic rings. The zero-order chi connectivity index (χ0) is 23.6. The zero-order valence-corrected chi connectivity index (χ0v) is 20.0. The van der Waals surface area contributed by atoms with Gasteiger partial charge in [0.05, 0.1) is 0 Å². The van der Waals surface area contributed by atoms with Crippen molar-refractivity contribution in [2.75, 3.05) is 0 Å². The first-order valence-corrected chi connectivity index (χ1v) is 12.4. The summed E-state index contributed by atoms with van der Waals surface area (Å²) < 4.78 is 0. The molecule has 0 bridgehead atoms. The van der Waals surface area contributed by atoms with Crippen LogP contribution in [0.5, 0.6) is 0 Å².